The molecule has 36 heavy (non-hydrogen) atoms. The van der Waals surface area contributed by atoms with E-state index in [9.17, 15) is 21.6 Å². The van der Waals surface area contributed by atoms with E-state index in [2.05, 4.69) is 10.0 Å². The SMILES string of the molecule is COc1ccc(S(=O)(=O)N2CCC[C@H](C(=O)Nc3ccc(S(=O)(=O)Nc4ccccc4)cc3)C2)cc1. The molecule has 2 N–H and O–H groups in total. The fourth-order valence-electron chi connectivity index (χ4n) is 3.95. The third-order valence-corrected chi connectivity index (χ3v) is 9.19. The molecule has 3 aromatic carbocycles. The maximum atomic E-state index is 13.1. The number of methoxy groups -OCH3 is 1. The van der Waals surface area contributed by atoms with Crippen LogP contribution in [-0.2, 0) is 24.8 Å². The van der Waals surface area contributed by atoms with Crippen LogP contribution in [0.15, 0.2) is 88.7 Å². The van der Waals surface area contributed by atoms with E-state index in [1.807, 2.05) is 0 Å². The minimum atomic E-state index is -3.78. The van der Waals surface area contributed by atoms with Crippen molar-refractivity contribution in [3.05, 3.63) is 78.9 Å². The van der Waals surface area contributed by atoms with E-state index in [4.69, 9.17) is 4.74 Å². The molecule has 11 heteroatoms. The molecule has 1 aliphatic heterocycles. The molecule has 9 nitrogen and oxygen atoms in total. The number of hydrogen-bond donors (Lipinski definition) is 2. The van der Waals surface area contributed by atoms with Gasteiger partial charge in [0.25, 0.3) is 10.0 Å². The topological polar surface area (TPSA) is 122 Å². The summed E-state index contributed by atoms with van der Waals surface area (Å²) in [5.74, 6) is -0.294. The fourth-order valence-corrected chi connectivity index (χ4v) is 6.54. The first-order valence-electron chi connectivity index (χ1n) is 11.3. The average Bonchev–Trinajstić information content (AvgIpc) is 2.89. The van der Waals surface area contributed by atoms with Gasteiger partial charge in [-0.05, 0) is 73.5 Å². The highest BCUT2D eigenvalue weighted by Crippen LogP contribution is 2.26. The van der Waals surface area contributed by atoms with Crippen molar-refractivity contribution in [3.8, 4) is 5.75 Å². The van der Waals surface area contributed by atoms with E-state index < -0.39 is 26.0 Å². The lowest BCUT2D eigenvalue weighted by atomic mass is 9.99. The summed E-state index contributed by atoms with van der Waals surface area (Å²) in [5.41, 5.74) is 0.870. The predicted molar refractivity (Wildman–Crippen MR) is 137 cm³/mol. The molecule has 1 atom stereocenters. The second-order valence-corrected chi connectivity index (χ2v) is 12.0. The molecule has 1 heterocycles. The summed E-state index contributed by atoms with van der Waals surface area (Å²) in [7, 11) is -6.02. The van der Waals surface area contributed by atoms with Crippen molar-refractivity contribution < 1.29 is 26.4 Å². The van der Waals surface area contributed by atoms with Crippen molar-refractivity contribution in [1.29, 1.82) is 0 Å². The van der Waals surface area contributed by atoms with Gasteiger partial charge in [-0.25, -0.2) is 16.8 Å². The number of sulfonamides is 2. The summed E-state index contributed by atoms with van der Waals surface area (Å²) in [4.78, 5) is 13.1. The van der Waals surface area contributed by atoms with Gasteiger partial charge in [-0.3, -0.25) is 9.52 Å². The summed E-state index contributed by atoms with van der Waals surface area (Å²) in [5, 5.41) is 2.77. The molecular weight excluding hydrogens is 502 g/mol. The number of piperidine rings is 1. The third-order valence-electron chi connectivity index (χ3n) is 5.91. The zero-order valence-corrected chi connectivity index (χ0v) is 21.3. The molecule has 0 radical (unpaired) electrons. The Morgan fingerprint density at radius 1 is 0.861 bits per heavy atom. The number of carbonyl (C=O) groups excluding carboxylic acids is 1. The van der Waals surface area contributed by atoms with E-state index in [-0.39, 0.29) is 22.2 Å². The molecule has 1 aliphatic rings. The number of hydrogen-bond acceptors (Lipinski definition) is 6. The third kappa shape index (κ3) is 5.86. The molecule has 190 valence electrons. The van der Waals surface area contributed by atoms with Gasteiger partial charge in [0.1, 0.15) is 5.75 Å². The van der Waals surface area contributed by atoms with Gasteiger partial charge in [-0.15, -0.1) is 0 Å². The molecule has 1 saturated heterocycles. The van der Waals surface area contributed by atoms with E-state index in [1.165, 1.54) is 47.8 Å². The summed E-state index contributed by atoms with van der Waals surface area (Å²) in [6.07, 6.45) is 1.10. The van der Waals surface area contributed by atoms with Crippen LogP contribution in [0.3, 0.4) is 0 Å². The van der Waals surface area contributed by atoms with Crippen molar-refractivity contribution >= 4 is 37.3 Å². The number of carbonyl (C=O) groups is 1. The molecule has 1 amide bonds. The smallest absolute Gasteiger partial charge is 0.261 e. The normalized spacial score (nSPS) is 16.8. The number of ether oxygens (including phenoxy) is 1. The molecule has 4 rings (SSSR count). The largest absolute Gasteiger partial charge is 0.497 e. The molecular formula is C25H27N3O6S2. The van der Waals surface area contributed by atoms with E-state index in [1.54, 1.807) is 42.5 Å². The van der Waals surface area contributed by atoms with Crippen molar-refractivity contribution in [2.45, 2.75) is 22.6 Å². The minimum absolute atomic E-state index is 0.0544. The molecule has 3 aromatic rings. The lowest BCUT2D eigenvalue weighted by molar-refractivity contribution is -0.120. The van der Waals surface area contributed by atoms with Crippen molar-refractivity contribution in [3.63, 3.8) is 0 Å². The summed E-state index contributed by atoms with van der Waals surface area (Å²) >= 11 is 0. The second-order valence-electron chi connectivity index (χ2n) is 8.36. The average molecular weight is 530 g/mol. The van der Waals surface area contributed by atoms with Crippen LogP contribution in [0.4, 0.5) is 11.4 Å². The summed E-state index contributed by atoms with van der Waals surface area (Å²) in [6, 6.07) is 20.5. The lowest BCUT2D eigenvalue weighted by Gasteiger charge is -2.31. The highest BCUT2D eigenvalue weighted by atomic mass is 32.2. The second kappa shape index (κ2) is 10.7. The van der Waals surface area contributed by atoms with Crippen molar-refractivity contribution in [1.82, 2.24) is 4.31 Å². The maximum absolute atomic E-state index is 13.1. The first-order valence-corrected chi connectivity index (χ1v) is 14.2. The number of nitrogens with one attached hydrogen (secondary N) is 2. The fraction of sp³-hybridized carbons (Fsp3) is 0.240. The number of para-hydroxylation sites is 1. The van der Waals surface area contributed by atoms with Crippen LogP contribution in [0.25, 0.3) is 0 Å². The molecule has 0 aromatic heterocycles. The van der Waals surface area contributed by atoms with Gasteiger partial charge < -0.3 is 10.1 Å². The standard InChI is InChI=1S/C25H27N3O6S2/c1-34-22-11-15-24(16-12-22)36(32,33)28-17-5-6-19(18-28)25(29)26-20-9-13-23(14-10-20)35(30,31)27-21-7-3-2-4-8-21/h2-4,7-16,19,27H,5-6,17-18H2,1H3,(H,26,29)/t19-/m0/s1. The van der Waals surface area contributed by atoms with Gasteiger partial charge in [0.05, 0.1) is 22.8 Å². The highest BCUT2D eigenvalue weighted by molar-refractivity contribution is 7.92. The Balaban J connectivity index is 1.40. The van der Waals surface area contributed by atoms with Crippen LogP contribution in [0, 0.1) is 5.92 Å². The summed E-state index contributed by atoms with van der Waals surface area (Å²) in [6.45, 7) is 0.396. The van der Waals surface area contributed by atoms with E-state index in [0.29, 0.717) is 36.5 Å². The van der Waals surface area contributed by atoms with E-state index in [0.717, 1.165) is 0 Å². The molecule has 0 saturated carbocycles. The maximum Gasteiger partial charge on any atom is 0.261 e. The van der Waals surface area contributed by atoms with Gasteiger partial charge in [-0.1, -0.05) is 18.2 Å². The molecule has 1 fully saturated rings. The monoisotopic (exact) mass is 529 g/mol. The Morgan fingerprint density at radius 3 is 2.14 bits per heavy atom. The van der Waals surface area contributed by atoms with Crippen LogP contribution in [0.5, 0.6) is 5.75 Å². The molecule has 0 spiro atoms. The number of benzene rings is 3. The zero-order chi connectivity index (χ0) is 25.8. The van der Waals surface area contributed by atoms with Crippen molar-refractivity contribution in [2.24, 2.45) is 5.92 Å². The quantitative estimate of drug-likeness (QED) is 0.460. The number of anilines is 2. The van der Waals surface area contributed by atoms with Crippen LogP contribution in [0.1, 0.15) is 12.8 Å². The Bertz CT molecular complexity index is 1410. The first kappa shape index (κ1) is 25.7. The Morgan fingerprint density at radius 2 is 1.50 bits per heavy atom. The summed E-state index contributed by atoms with van der Waals surface area (Å²) < 4.78 is 60.2. The van der Waals surface area contributed by atoms with Gasteiger partial charge in [0.2, 0.25) is 15.9 Å². The van der Waals surface area contributed by atoms with Crippen LogP contribution in [0.2, 0.25) is 0 Å². The van der Waals surface area contributed by atoms with Crippen LogP contribution >= 0.6 is 0 Å². The van der Waals surface area contributed by atoms with Gasteiger partial charge >= 0.3 is 0 Å². The van der Waals surface area contributed by atoms with Gasteiger partial charge in [0.15, 0.2) is 0 Å². The zero-order valence-electron chi connectivity index (χ0n) is 19.6. The van der Waals surface area contributed by atoms with Crippen LogP contribution in [-0.4, -0.2) is 47.2 Å². The number of rotatable bonds is 8. The lowest BCUT2D eigenvalue weighted by Crippen LogP contribution is -2.43. The minimum Gasteiger partial charge on any atom is -0.497 e. The highest BCUT2D eigenvalue weighted by Gasteiger charge is 2.33. The Hall–Kier alpha value is -3.41. The first-order chi connectivity index (χ1) is 17.2. The number of amides is 1. The van der Waals surface area contributed by atoms with Crippen LogP contribution < -0.4 is 14.8 Å². The molecule has 0 unspecified atom stereocenters. The number of nitrogens with zero attached hydrogens (tertiary/aromatic N) is 1. The van der Waals surface area contributed by atoms with Crippen molar-refractivity contribution in [2.75, 3.05) is 30.2 Å². The predicted octanol–water partition coefficient (Wildman–Crippen LogP) is 3.54. The molecule has 0 aliphatic carbocycles. The molecule has 0 bridgehead atoms. The Labute approximate surface area is 211 Å². The van der Waals surface area contributed by atoms with Gasteiger partial charge in [-0.2, -0.15) is 4.31 Å². The van der Waals surface area contributed by atoms with E-state index >= 15 is 0 Å². The van der Waals surface area contributed by atoms with Gasteiger partial charge in [0, 0.05) is 24.5 Å². The Kier molecular flexibility index (Phi) is 7.62.